The molecule has 3 N–H and O–H groups in total. The largest absolute Gasteiger partial charge is 0.454 e. The van der Waals surface area contributed by atoms with E-state index in [0.717, 1.165) is 30.4 Å². The highest BCUT2D eigenvalue weighted by Crippen LogP contribution is 2.47. The standard InChI is InChI=1S/C25H31N3O2/c1-15-2-6-19(7-3-15)26-13-16-4-8-20-18(10-16)11-21-24(27-28-25(20)21)17-5-9-22-23(12-17)30-14-29-22/h4-5,8-10,12,15,19,21,24-28H,2-3,6-7,11,13-14H2,1H3. The fourth-order valence-electron chi connectivity index (χ4n) is 5.80. The Balaban J connectivity index is 1.15. The summed E-state index contributed by atoms with van der Waals surface area (Å²) in [6, 6.07) is 14.8. The van der Waals surface area contributed by atoms with Crippen molar-refractivity contribution in [2.75, 3.05) is 6.79 Å². The average Bonchev–Trinajstić information content (AvgIpc) is 3.47. The van der Waals surface area contributed by atoms with Gasteiger partial charge in [0.05, 0.1) is 12.1 Å². The molecule has 158 valence electrons. The molecule has 5 heteroatoms. The Hall–Kier alpha value is -2.08. The zero-order valence-electron chi connectivity index (χ0n) is 17.6. The normalized spacial score (nSPS) is 31.6. The predicted octanol–water partition coefficient (Wildman–Crippen LogP) is 4.15. The Morgan fingerprint density at radius 2 is 1.77 bits per heavy atom. The maximum Gasteiger partial charge on any atom is 0.231 e. The minimum atomic E-state index is 0.280. The van der Waals surface area contributed by atoms with E-state index in [-0.39, 0.29) is 6.04 Å². The summed E-state index contributed by atoms with van der Waals surface area (Å²) >= 11 is 0. The number of benzene rings is 2. The predicted molar refractivity (Wildman–Crippen MR) is 116 cm³/mol. The smallest absolute Gasteiger partial charge is 0.231 e. The third kappa shape index (κ3) is 3.29. The zero-order valence-corrected chi connectivity index (χ0v) is 17.6. The van der Waals surface area contributed by atoms with E-state index in [1.54, 1.807) is 0 Å². The minimum absolute atomic E-state index is 0.280. The van der Waals surface area contributed by atoms with Crippen molar-refractivity contribution in [3.8, 4) is 11.5 Å². The lowest BCUT2D eigenvalue weighted by Crippen LogP contribution is -2.32. The van der Waals surface area contributed by atoms with Gasteiger partial charge in [-0.3, -0.25) is 0 Å². The van der Waals surface area contributed by atoms with Gasteiger partial charge in [-0.05, 0) is 72.4 Å². The van der Waals surface area contributed by atoms with Gasteiger partial charge >= 0.3 is 0 Å². The third-order valence-electron chi connectivity index (χ3n) is 7.62. The number of ether oxygens (including phenoxy) is 2. The van der Waals surface area contributed by atoms with Gasteiger partial charge in [0, 0.05) is 18.5 Å². The Kier molecular flexibility index (Phi) is 4.70. The van der Waals surface area contributed by atoms with E-state index in [2.05, 4.69) is 53.4 Å². The SMILES string of the molecule is CC1CCC(NCc2ccc3c(c2)CC2C(c4ccc5c(c4)OCO5)NNC32)CC1. The van der Waals surface area contributed by atoms with Crippen LogP contribution in [0.3, 0.4) is 0 Å². The average molecular weight is 406 g/mol. The molecule has 3 unspecified atom stereocenters. The molecule has 4 aliphatic rings. The van der Waals surface area contributed by atoms with Crippen molar-refractivity contribution in [1.82, 2.24) is 16.2 Å². The molecule has 1 saturated carbocycles. The lowest BCUT2D eigenvalue weighted by Gasteiger charge is -2.27. The molecule has 2 aromatic rings. The van der Waals surface area contributed by atoms with Gasteiger partial charge in [-0.15, -0.1) is 0 Å². The van der Waals surface area contributed by atoms with E-state index < -0.39 is 0 Å². The summed E-state index contributed by atoms with van der Waals surface area (Å²) in [5.41, 5.74) is 12.7. The number of hydrogen-bond donors (Lipinski definition) is 3. The van der Waals surface area contributed by atoms with Gasteiger partial charge in [-0.2, -0.15) is 0 Å². The van der Waals surface area contributed by atoms with Crippen molar-refractivity contribution in [3.63, 3.8) is 0 Å². The van der Waals surface area contributed by atoms with Crippen molar-refractivity contribution < 1.29 is 9.47 Å². The minimum Gasteiger partial charge on any atom is -0.454 e. The second-order valence-electron chi connectivity index (χ2n) is 9.60. The molecule has 0 spiro atoms. The molecule has 2 aromatic carbocycles. The molecule has 0 radical (unpaired) electrons. The maximum atomic E-state index is 5.59. The number of hydrazine groups is 1. The number of rotatable bonds is 4. The molecular weight excluding hydrogens is 374 g/mol. The monoisotopic (exact) mass is 405 g/mol. The van der Waals surface area contributed by atoms with Crippen LogP contribution in [0.4, 0.5) is 0 Å². The van der Waals surface area contributed by atoms with Gasteiger partial charge in [0.2, 0.25) is 6.79 Å². The van der Waals surface area contributed by atoms with Crippen molar-refractivity contribution in [2.24, 2.45) is 11.8 Å². The third-order valence-corrected chi connectivity index (χ3v) is 7.62. The first-order chi connectivity index (χ1) is 14.7. The summed E-state index contributed by atoms with van der Waals surface area (Å²) < 4.78 is 11.1. The molecule has 2 fully saturated rings. The lowest BCUT2D eigenvalue weighted by atomic mass is 9.87. The Morgan fingerprint density at radius 3 is 2.67 bits per heavy atom. The Labute approximate surface area is 178 Å². The van der Waals surface area contributed by atoms with Crippen molar-refractivity contribution >= 4 is 0 Å². The van der Waals surface area contributed by atoms with Crippen LogP contribution in [0.15, 0.2) is 36.4 Å². The summed E-state index contributed by atoms with van der Waals surface area (Å²) in [4.78, 5) is 0. The van der Waals surface area contributed by atoms with E-state index in [0.29, 0.717) is 24.8 Å². The highest BCUT2D eigenvalue weighted by molar-refractivity contribution is 5.47. The van der Waals surface area contributed by atoms with Crippen LogP contribution < -0.4 is 25.6 Å². The van der Waals surface area contributed by atoms with Crippen LogP contribution in [0.5, 0.6) is 11.5 Å². The lowest BCUT2D eigenvalue weighted by molar-refractivity contribution is 0.174. The zero-order chi connectivity index (χ0) is 20.1. The highest BCUT2D eigenvalue weighted by atomic mass is 16.7. The highest BCUT2D eigenvalue weighted by Gasteiger charge is 2.43. The van der Waals surface area contributed by atoms with Crippen LogP contribution >= 0.6 is 0 Å². The van der Waals surface area contributed by atoms with Crippen LogP contribution in [-0.4, -0.2) is 12.8 Å². The summed E-state index contributed by atoms with van der Waals surface area (Å²) in [6.45, 7) is 3.69. The molecule has 2 aliphatic heterocycles. The van der Waals surface area contributed by atoms with Crippen LogP contribution in [0.25, 0.3) is 0 Å². The second kappa shape index (κ2) is 7.56. The Bertz CT molecular complexity index is 938. The fourth-order valence-corrected chi connectivity index (χ4v) is 5.80. The van der Waals surface area contributed by atoms with Crippen LogP contribution in [0.1, 0.15) is 66.9 Å². The molecule has 0 aromatic heterocycles. The molecule has 0 amide bonds. The van der Waals surface area contributed by atoms with Gasteiger partial charge in [-0.1, -0.05) is 31.2 Å². The van der Waals surface area contributed by atoms with Crippen LogP contribution in [0.2, 0.25) is 0 Å². The fraction of sp³-hybridized carbons (Fsp3) is 0.520. The van der Waals surface area contributed by atoms with Gasteiger partial charge in [0.15, 0.2) is 11.5 Å². The molecule has 3 atom stereocenters. The molecular formula is C25H31N3O2. The van der Waals surface area contributed by atoms with Crippen LogP contribution in [0, 0.1) is 11.8 Å². The van der Waals surface area contributed by atoms with Crippen molar-refractivity contribution in [3.05, 3.63) is 58.7 Å². The van der Waals surface area contributed by atoms with E-state index in [1.165, 1.54) is 47.9 Å². The number of hydrogen-bond acceptors (Lipinski definition) is 5. The van der Waals surface area contributed by atoms with Crippen LogP contribution in [-0.2, 0) is 13.0 Å². The molecule has 6 rings (SSSR count). The topological polar surface area (TPSA) is 54.5 Å². The van der Waals surface area contributed by atoms with Gasteiger partial charge in [0.25, 0.3) is 0 Å². The molecule has 30 heavy (non-hydrogen) atoms. The number of nitrogens with one attached hydrogen (secondary N) is 3. The maximum absolute atomic E-state index is 5.59. The first kappa shape index (κ1) is 18.7. The van der Waals surface area contributed by atoms with Gasteiger partial charge in [0.1, 0.15) is 0 Å². The number of fused-ring (bicyclic) bond motifs is 4. The summed E-state index contributed by atoms with van der Waals surface area (Å²) in [6.07, 6.45) is 6.48. The molecule has 2 heterocycles. The van der Waals surface area contributed by atoms with Crippen molar-refractivity contribution in [2.45, 2.75) is 63.7 Å². The first-order valence-electron chi connectivity index (χ1n) is 11.5. The quantitative estimate of drug-likeness (QED) is 0.714. The first-order valence-corrected chi connectivity index (χ1v) is 11.5. The van der Waals surface area contributed by atoms with Crippen molar-refractivity contribution in [1.29, 1.82) is 0 Å². The van der Waals surface area contributed by atoms with E-state index in [4.69, 9.17) is 9.47 Å². The second-order valence-corrected chi connectivity index (χ2v) is 9.60. The van der Waals surface area contributed by atoms with Gasteiger partial charge in [-0.25, -0.2) is 10.9 Å². The van der Waals surface area contributed by atoms with E-state index in [1.807, 2.05) is 6.07 Å². The molecule has 0 bridgehead atoms. The summed E-state index contributed by atoms with van der Waals surface area (Å²) in [7, 11) is 0. The van der Waals surface area contributed by atoms with Gasteiger partial charge < -0.3 is 14.8 Å². The molecule has 1 saturated heterocycles. The summed E-state index contributed by atoms with van der Waals surface area (Å²) in [5, 5.41) is 3.80. The van der Waals surface area contributed by atoms with E-state index in [9.17, 15) is 0 Å². The summed E-state index contributed by atoms with van der Waals surface area (Å²) in [5.74, 6) is 3.13. The Morgan fingerprint density at radius 1 is 0.933 bits per heavy atom. The molecule has 5 nitrogen and oxygen atoms in total. The van der Waals surface area contributed by atoms with E-state index >= 15 is 0 Å². The molecule has 2 aliphatic carbocycles.